The number of nitrogens with zero attached hydrogens (tertiary/aromatic N) is 2. The third-order valence-corrected chi connectivity index (χ3v) is 7.47. The molecule has 1 aliphatic carbocycles. The molecule has 8 nitrogen and oxygen atoms in total. The normalized spacial score (nSPS) is 18.3. The molecule has 0 spiro atoms. The summed E-state index contributed by atoms with van der Waals surface area (Å²) >= 11 is 0. The molecule has 2 aromatic heterocycles. The molecule has 1 aromatic carbocycles. The topological polar surface area (TPSA) is 107 Å². The molecule has 1 atom stereocenters. The number of rotatable bonds is 7. The van der Waals surface area contributed by atoms with Gasteiger partial charge in [-0.3, -0.25) is 9.59 Å². The Morgan fingerprint density at radius 1 is 1.18 bits per heavy atom. The van der Waals surface area contributed by atoms with Crippen molar-refractivity contribution in [1.82, 2.24) is 4.98 Å². The fourth-order valence-corrected chi connectivity index (χ4v) is 5.35. The maximum absolute atomic E-state index is 12.8. The third kappa shape index (κ3) is 4.20. The number of anilines is 1. The molecule has 1 aliphatic heterocycles. The number of pyridine rings is 1. The summed E-state index contributed by atoms with van der Waals surface area (Å²) in [6, 6.07) is 9.51. The maximum Gasteiger partial charge on any atom is 0.306 e. The number of ketones is 1. The Balaban J connectivity index is 1.69. The Kier molecular flexibility index (Phi) is 5.47. The maximum atomic E-state index is 12.8. The number of carbonyl (C=O) groups is 2. The standard InChI is InChI=1S/C25H26N2O6S/c1-14-4-6-17(7-5-14)23-22(15(2)28)20-12-19(16-8-9-16)24(26-25(20)33-23)27(34(3,30)31)13-18-10-11-21(29)32-18/h4-7,12,16,18H,8-11,13H2,1-3H3. The largest absolute Gasteiger partial charge is 0.460 e. The zero-order chi connectivity index (χ0) is 24.2. The lowest BCUT2D eigenvalue weighted by Gasteiger charge is -2.26. The minimum atomic E-state index is -3.73. The van der Waals surface area contributed by atoms with E-state index in [0.717, 1.165) is 35.8 Å². The number of sulfonamides is 1. The van der Waals surface area contributed by atoms with Gasteiger partial charge in [-0.1, -0.05) is 29.8 Å². The van der Waals surface area contributed by atoms with Crippen molar-refractivity contribution in [2.45, 2.75) is 51.6 Å². The second kappa shape index (κ2) is 8.23. The van der Waals surface area contributed by atoms with Crippen LogP contribution in [0.5, 0.6) is 0 Å². The number of hydrogen-bond donors (Lipinski definition) is 0. The number of aryl methyl sites for hydroxylation is 1. The minimum Gasteiger partial charge on any atom is -0.460 e. The van der Waals surface area contributed by atoms with Gasteiger partial charge < -0.3 is 9.15 Å². The summed E-state index contributed by atoms with van der Waals surface area (Å²) in [5.74, 6) is 0.372. The summed E-state index contributed by atoms with van der Waals surface area (Å²) in [6.45, 7) is 3.46. The van der Waals surface area contributed by atoms with Crippen LogP contribution in [0.4, 0.5) is 5.82 Å². The van der Waals surface area contributed by atoms with Gasteiger partial charge in [0.05, 0.1) is 23.8 Å². The fourth-order valence-electron chi connectivity index (χ4n) is 4.46. The summed E-state index contributed by atoms with van der Waals surface area (Å²) < 4.78 is 38.3. The van der Waals surface area contributed by atoms with Gasteiger partial charge in [-0.15, -0.1) is 0 Å². The Morgan fingerprint density at radius 3 is 2.44 bits per heavy atom. The van der Waals surface area contributed by atoms with Crippen LogP contribution in [0.15, 0.2) is 34.7 Å². The second-order valence-corrected chi connectivity index (χ2v) is 11.1. The highest BCUT2D eigenvalue weighted by atomic mass is 32.2. The number of aromatic nitrogens is 1. The lowest BCUT2D eigenvalue weighted by Crippen LogP contribution is -2.38. The molecule has 178 valence electrons. The van der Waals surface area contributed by atoms with Gasteiger partial charge in [0.25, 0.3) is 0 Å². The van der Waals surface area contributed by atoms with Crippen molar-refractivity contribution < 1.29 is 27.2 Å². The smallest absolute Gasteiger partial charge is 0.306 e. The number of ether oxygens (including phenoxy) is 1. The molecule has 3 aromatic rings. The third-order valence-electron chi connectivity index (χ3n) is 6.35. The SMILES string of the molecule is CC(=O)c1c(-c2ccc(C)cc2)oc2nc(N(CC3CCC(=O)O3)S(C)(=O)=O)c(C3CC3)cc12. The van der Waals surface area contributed by atoms with Gasteiger partial charge in [0.1, 0.15) is 17.7 Å². The van der Waals surface area contributed by atoms with Crippen LogP contribution in [0, 0.1) is 6.92 Å². The van der Waals surface area contributed by atoms with Crippen molar-refractivity contribution in [3.05, 3.63) is 47.0 Å². The molecule has 0 N–H and O–H groups in total. The number of fused-ring (bicyclic) bond motifs is 1. The molecule has 5 rings (SSSR count). The molecule has 2 aliphatic rings. The lowest BCUT2D eigenvalue weighted by atomic mass is 10.0. The summed E-state index contributed by atoms with van der Waals surface area (Å²) in [5, 5.41) is 0.578. The van der Waals surface area contributed by atoms with Gasteiger partial charge in [0, 0.05) is 12.0 Å². The molecule has 1 unspecified atom stereocenters. The van der Waals surface area contributed by atoms with Crippen molar-refractivity contribution in [1.29, 1.82) is 0 Å². The van der Waals surface area contributed by atoms with Crippen molar-refractivity contribution >= 4 is 38.7 Å². The summed E-state index contributed by atoms with van der Waals surface area (Å²) in [7, 11) is -3.73. The van der Waals surface area contributed by atoms with Gasteiger partial charge in [-0.25, -0.2) is 12.7 Å². The van der Waals surface area contributed by atoms with Crippen LogP contribution in [0.1, 0.15) is 60.0 Å². The molecular weight excluding hydrogens is 456 g/mol. The number of benzene rings is 1. The second-order valence-electron chi connectivity index (χ2n) is 9.20. The predicted molar refractivity (Wildman–Crippen MR) is 127 cm³/mol. The van der Waals surface area contributed by atoms with Crippen molar-refractivity contribution in [3.63, 3.8) is 0 Å². The first-order chi connectivity index (χ1) is 16.1. The number of Topliss-reactive ketones (excluding diaryl/α,β-unsaturated/α-hetero) is 1. The number of cyclic esters (lactones) is 1. The van der Waals surface area contributed by atoms with Gasteiger partial charge in [0.15, 0.2) is 5.78 Å². The molecule has 9 heteroatoms. The molecule has 2 fully saturated rings. The number of carbonyl (C=O) groups excluding carboxylic acids is 2. The molecule has 0 amide bonds. The van der Waals surface area contributed by atoms with Crippen molar-refractivity contribution in [2.24, 2.45) is 0 Å². The Bertz CT molecular complexity index is 1400. The predicted octanol–water partition coefficient (Wildman–Crippen LogP) is 4.35. The van der Waals surface area contributed by atoms with Crippen molar-refractivity contribution in [2.75, 3.05) is 17.1 Å². The highest BCUT2D eigenvalue weighted by Crippen LogP contribution is 2.47. The Hall–Kier alpha value is -3.20. The number of furan rings is 1. The van der Waals surface area contributed by atoms with Gasteiger partial charge >= 0.3 is 5.97 Å². The van der Waals surface area contributed by atoms with Crippen LogP contribution in [-0.2, 0) is 19.6 Å². The number of hydrogen-bond acceptors (Lipinski definition) is 7. The minimum absolute atomic E-state index is 0.00606. The summed E-state index contributed by atoms with van der Waals surface area (Å²) in [4.78, 5) is 28.9. The quantitative estimate of drug-likeness (QED) is 0.364. The number of esters is 1. The summed E-state index contributed by atoms with van der Waals surface area (Å²) in [5.41, 5.74) is 3.24. The zero-order valence-corrected chi connectivity index (χ0v) is 20.1. The van der Waals surface area contributed by atoms with E-state index in [0.29, 0.717) is 23.1 Å². The molecule has 3 heterocycles. The van der Waals surface area contributed by atoms with Crippen molar-refractivity contribution in [3.8, 4) is 11.3 Å². The average molecular weight is 483 g/mol. The van der Waals surface area contributed by atoms with Crippen LogP contribution in [-0.4, -0.2) is 44.1 Å². The Morgan fingerprint density at radius 2 is 1.88 bits per heavy atom. The molecule has 0 bridgehead atoms. The van der Waals surface area contributed by atoms with E-state index in [1.165, 1.54) is 11.2 Å². The summed E-state index contributed by atoms with van der Waals surface area (Å²) in [6.07, 6.45) is 3.14. The molecular formula is C25H26N2O6S. The van der Waals surface area contributed by atoms with Crippen LogP contribution in [0.2, 0.25) is 0 Å². The molecule has 1 saturated heterocycles. The van der Waals surface area contributed by atoms with Gasteiger partial charge in [-0.2, -0.15) is 4.98 Å². The van der Waals surface area contributed by atoms with E-state index in [9.17, 15) is 18.0 Å². The van der Waals surface area contributed by atoms with Crippen LogP contribution >= 0.6 is 0 Å². The van der Waals surface area contributed by atoms with Crippen LogP contribution < -0.4 is 4.31 Å². The first-order valence-electron chi connectivity index (χ1n) is 11.3. The lowest BCUT2D eigenvalue weighted by molar-refractivity contribution is -0.141. The van der Waals surface area contributed by atoms with E-state index < -0.39 is 16.1 Å². The van der Waals surface area contributed by atoms with Crippen LogP contribution in [0.3, 0.4) is 0 Å². The molecule has 1 saturated carbocycles. The monoisotopic (exact) mass is 482 g/mol. The Labute approximate surface area is 198 Å². The fraction of sp³-hybridized carbons (Fsp3) is 0.400. The zero-order valence-electron chi connectivity index (χ0n) is 19.3. The van der Waals surface area contributed by atoms with E-state index in [-0.39, 0.29) is 42.2 Å². The van der Waals surface area contributed by atoms with E-state index >= 15 is 0 Å². The van der Waals surface area contributed by atoms with E-state index in [2.05, 4.69) is 4.98 Å². The first kappa shape index (κ1) is 22.6. The van der Waals surface area contributed by atoms with Crippen LogP contribution in [0.25, 0.3) is 22.4 Å². The van der Waals surface area contributed by atoms with Gasteiger partial charge in [0.2, 0.25) is 15.7 Å². The van der Waals surface area contributed by atoms with E-state index in [4.69, 9.17) is 9.15 Å². The van der Waals surface area contributed by atoms with Gasteiger partial charge in [-0.05, 0) is 50.7 Å². The average Bonchev–Trinajstić information content (AvgIpc) is 3.42. The highest BCUT2D eigenvalue weighted by Gasteiger charge is 2.36. The molecule has 0 radical (unpaired) electrons. The first-order valence-corrected chi connectivity index (χ1v) is 13.2. The highest BCUT2D eigenvalue weighted by molar-refractivity contribution is 7.92. The molecule has 34 heavy (non-hydrogen) atoms. The van der Waals surface area contributed by atoms with E-state index in [1.54, 1.807) is 0 Å². The van der Waals surface area contributed by atoms with E-state index in [1.807, 2.05) is 37.3 Å².